The number of aromatic carboxylic acids is 1. The van der Waals surface area contributed by atoms with Gasteiger partial charge in [-0.25, -0.2) is 4.79 Å². The molecule has 0 unspecified atom stereocenters. The molecule has 10 nitrogen and oxygen atoms in total. The number of carbonyl (C=O) groups is 1. The third-order valence-electron chi connectivity index (χ3n) is 5.55. The normalized spacial score (nSPS) is 15.5. The van der Waals surface area contributed by atoms with Gasteiger partial charge in [-0.15, -0.1) is 0 Å². The van der Waals surface area contributed by atoms with Crippen LogP contribution in [0.25, 0.3) is 0 Å². The summed E-state index contributed by atoms with van der Waals surface area (Å²) in [4.78, 5) is 23.8. The van der Waals surface area contributed by atoms with Crippen molar-refractivity contribution in [1.29, 1.82) is 0 Å². The Hall–Kier alpha value is -4.55. The first-order valence-electron chi connectivity index (χ1n) is 12.6. The van der Waals surface area contributed by atoms with Crippen molar-refractivity contribution in [2.75, 3.05) is 30.5 Å². The zero-order chi connectivity index (χ0) is 28.4. The molecular formula is C27H28F3N5O5. The monoisotopic (exact) mass is 559 g/mol. The lowest BCUT2D eigenvalue weighted by Crippen LogP contribution is -2.21. The minimum absolute atomic E-state index is 0.0282. The van der Waals surface area contributed by atoms with Crippen molar-refractivity contribution < 1.29 is 37.3 Å². The van der Waals surface area contributed by atoms with Gasteiger partial charge in [0.05, 0.1) is 13.2 Å². The maximum atomic E-state index is 12.8. The van der Waals surface area contributed by atoms with Gasteiger partial charge in [0.1, 0.15) is 17.1 Å². The van der Waals surface area contributed by atoms with Gasteiger partial charge in [-0.2, -0.15) is 28.1 Å². The largest absolute Gasteiger partial charge is 0.494 e. The van der Waals surface area contributed by atoms with Crippen LogP contribution in [0.3, 0.4) is 0 Å². The highest BCUT2D eigenvalue weighted by molar-refractivity contribution is 5.91. The number of carboxylic acids is 1. The predicted octanol–water partition coefficient (Wildman–Crippen LogP) is 5.75. The second-order valence-corrected chi connectivity index (χ2v) is 8.76. The molecule has 40 heavy (non-hydrogen) atoms. The van der Waals surface area contributed by atoms with E-state index in [9.17, 15) is 23.1 Å². The molecule has 212 valence electrons. The van der Waals surface area contributed by atoms with Crippen LogP contribution in [-0.4, -0.2) is 52.0 Å². The van der Waals surface area contributed by atoms with Crippen molar-refractivity contribution in [3.63, 3.8) is 0 Å². The number of anilines is 3. The standard InChI is InChI=1S/C27H28F3N5O5/c28-27(29,30)17-40-26-34-24-31-16-18-7-10-20(11-8-18)38-13-5-3-1-2-4-6-14-39-22-15-19(32-25(33-24)35-26)9-12-21(22)23(36)37/h1-2,7-12,15H,3-6,13-14,16-17H2,(H,36,37)(H2,31,32,33,34,35)/b2-1+. The summed E-state index contributed by atoms with van der Waals surface area (Å²) in [7, 11) is 0. The van der Waals surface area contributed by atoms with E-state index in [4.69, 9.17) is 14.2 Å². The van der Waals surface area contributed by atoms with Crippen LogP contribution in [-0.2, 0) is 6.54 Å². The molecule has 0 saturated heterocycles. The molecule has 0 spiro atoms. The highest BCUT2D eigenvalue weighted by atomic mass is 19.4. The van der Waals surface area contributed by atoms with E-state index in [-0.39, 0.29) is 36.4 Å². The van der Waals surface area contributed by atoms with Crippen LogP contribution < -0.4 is 24.8 Å². The number of fused-ring (bicyclic) bond motifs is 11. The van der Waals surface area contributed by atoms with Gasteiger partial charge >= 0.3 is 18.2 Å². The van der Waals surface area contributed by atoms with Gasteiger partial charge in [0.15, 0.2) is 6.61 Å². The lowest BCUT2D eigenvalue weighted by Gasteiger charge is -2.14. The quantitative estimate of drug-likeness (QED) is 0.341. The lowest BCUT2D eigenvalue weighted by molar-refractivity contribution is -0.154. The number of aromatic nitrogens is 3. The van der Waals surface area contributed by atoms with Crippen molar-refractivity contribution in [2.24, 2.45) is 0 Å². The number of benzene rings is 2. The number of ether oxygens (including phenoxy) is 3. The highest BCUT2D eigenvalue weighted by Crippen LogP contribution is 2.27. The van der Waals surface area contributed by atoms with E-state index in [0.717, 1.165) is 30.6 Å². The smallest absolute Gasteiger partial charge is 0.422 e. The van der Waals surface area contributed by atoms with Gasteiger partial charge in [0.2, 0.25) is 11.9 Å². The number of hydrogen-bond donors (Lipinski definition) is 3. The first kappa shape index (κ1) is 28.5. The van der Waals surface area contributed by atoms with Gasteiger partial charge in [0, 0.05) is 18.3 Å². The highest BCUT2D eigenvalue weighted by Gasteiger charge is 2.29. The van der Waals surface area contributed by atoms with Crippen molar-refractivity contribution >= 4 is 23.6 Å². The van der Waals surface area contributed by atoms with Gasteiger partial charge < -0.3 is 30.0 Å². The molecule has 0 fully saturated rings. The van der Waals surface area contributed by atoms with E-state index >= 15 is 0 Å². The van der Waals surface area contributed by atoms with Crippen molar-refractivity contribution in [3.05, 3.63) is 65.7 Å². The molecule has 13 heteroatoms. The molecule has 2 aliphatic rings. The summed E-state index contributed by atoms with van der Waals surface area (Å²) < 4.78 is 54.6. The molecule has 0 aliphatic carbocycles. The van der Waals surface area contributed by atoms with Crippen molar-refractivity contribution in [3.8, 4) is 17.5 Å². The molecule has 2 aliphatic heterocycles. The maximum absolute atomic E-state index is 12.8. The Labute approximate surface area is 228 Å². The van der Waals surface area contributed by atoms with E-state index in [2.05, 4.69) is 31.7 Å². The Morgan fingerprint density at radius 3 is 2.35 bits per heavy atom. The SMILES string of the molecule is O=C(O)c1ccc2cc1OCCC/C=C/CCCOc1ccc(cc1)CNc1nc(nc(OCC(F)(F)F)n1)N2. The number of halogens is 3. The Morgan fingerprint density at radius 2 is 1.65 bits per heavy atom. The van der Waals surface area contributed by atoms with Gasteiger partial charge in [0.25, 0.3) is 0 Å². The number of rotatable bonds is 3. The predicted molar refractivity (Wildman–Crippen MR) is 140 cm³/mol. The Morgan fingerprint density at radius 1 is 0.950 bits per heavy atom. The Balaban J connectivity index is 1.61. The van der Waals surface area contributed by atoms with Crippen molar-refractivity contribution in [2.45, 2.75) is 38.4 Å². The molecule has 0 saturated carbocycles. The third-order valence-corrected chi connectivity index (χ3v) is 5.55. The average molecular weight is 560 g/mol. The molecule has 5 rings (SSSR count). The number of nitrogens with zero attached hydrogens (tertiary/aromatic N) is 3. The minimum Gasteiger partial charge on any atom is -0.494 e. The topological polar surface area (TPSA) is 128 Å². The summed E-state index contributed by atoms with van der Waals surface area (Å²) in [5.74, 6) is -0.458. The van der Waals surface area contributed by atoms with Crippen LogP contribution >= 0.6 is 0 Å². The molecular weight excluding hydrogens is 531 g/mol. The Kier molecular flexibility index (Phi) is 9.60. The second-order valence-electron chi connectivity index (χ2n) is 8.76. The lowest BCUT2D eigenvalue weighted by atomic mass is 10.2. The summed E-state index contributed by atoms with van der Waals surface area (Å²) in [6.45, 7) is -0.487. The Bertz CT molecular complexity index is 1320. The van der Waals surface area contributed by atoms with Crippen LogP contribution in [0.15, 0.2) is 54.6 Å². The molecule has 3 aromatic rings. The fraction of sp³-hybridized carbons (Fsp3) is 0.333. The zero-order valence-electron chi connectivity index (χ0n) is 21.4. The molecule has 3 N–H and O–H groups in total. The summed E-state index contributed by atoms with van der Waals surface area (Å²) >= 11 is 0. The van der Waals surface area contributed by atoms with Gasteiger partial charge in [-0.3, -0.25) is 0 Å². The van der Waals surface area contributed by atoms with E-state index in [1.165, 1.54) is 18.2 Å². The summed E-state index contributed by atoms with van der Waals surface area (Å²) in [5, 5.41) is 15.4. The molecule has 2 aromatic carbocycles. The molecule has 6 bridgehead atoms. The van der Waals surface area contributed by atoms with E-state index in [1.807, 2.05) is 30.3 Å². The van der Waals surface area contributed by atoms with E-state index in [1.54, 1.807) is 0 Å². The summed E-state index contributed by atoms with van der Waals surface area (Å²) in [6.07, 6.45) is 2.66. The van der Waals surface area contributed by atoms with E-state index < -0.39 is 24.8 Å². The summed E-state index contributed by atoms with van der Waals surface area (Å²) in [6, 6.07) is 11.1. The number of carboxylic acid groups (broad SMARTS) is 1. The van der Waals surface area contributed by atoms with Gasteiger partial charge in [-0.05, 0) is 55.5 Å². The van der Waals surface area contributed by atoms with Crippen LogP contribution in [0.2, 0.25) is 0 Å². The number of hydrogen-bond acceptors (Lipinski definition) is 9. The fourth-order valence-electron chi connectivity index (χ4n) is 3.62. The minimum atomic E-state index is -4.59. The number of allylic oxidation sites excluding steroid dienone is 2. The summed E-state index contributed by atoms with van der Waals surface area (Å²) in [5.41, 5.74) is 1.17. The zero-order valence-corrected chi connectivity index (χ0v) is 21.4. The fourth-order valence-corrected chi connectivity index (χ4v) is 3.62. The first-order chi connectivity index (χ1) is 19.2. The average Bonchev–Trinajstić information content (AvgIpc) is 2.91. The van der Waals surface area contributed by atoms with Crippen LogP contribution in [0, 0.1) is 0 Å². The van der Waals surface area contributed by atoms with E-state index in [0.29, 0.717) is 18.7 Å². The number of nitrogens with one attached hydrogen (secondary N) is 2. The first-order valence-corrected chi connectivity index (χ1v) is 12.6. The second kappa shape index (κ2) is 13.5. The molecule has 0 amide bonds. The maximum Gasteiger partial charge on any atom is 0.422 e. The molecule has 0 atom stereocenters. The van der Waals surface area contributed by atoms with Gasteiger partial charge in [-0.1, -0.05) is 24.3 Å². The van der Waals surface area contributed by atoms with Crippen molar-refractivity contribution in [1.82, 2.24) is 15.0 Å². The van der Waals surface area contributed by atoms with Crippen LogP contribution in [0.1, 0.15) is 41.6 Å². The molecule has 1 aromatic heterocycles. The third kappa shape index (κ3) is 9.03. The molecule has 3 heterocycles. The number of alkyl halides is 3. The van der Waals surface area contributed by atoms with Crippen LogP contribution in [0.4, 0.5) is 30.8 Å². The van der Waals surface area contributed by atoms with Crippen LogP contribution in [0.5, 0.6) is 17.5 Å². The molecule has 0 radical (unpaired) electrons.